The number of carboxylic acid groups (broad SMARTS) is 1. The molecule has 0 aromatic heterocycles. The van der Waals surface area contributed by atoms with Gasteiger partial charge in [0, 0.05) is 11.1 Å². The molecule has 1 fully saturated rings. The lowest BCUT2D eigenvalue weighted by Crippen LogP contribution is -2.18. The molecule has 2 aliphatic rings. The van der Waals surface area contributed by atoms with Gasteiger partial charge in [0.15, 0.2) is 0 Å². The normalized spacial score (nSPS) is 23.2. The number of carbonyl (C=O) groups is 1. The summed E-state index contributed by atoms with van der Waals surface area (Å²) in [5, 5.41) is 9.00. The number of ether oxygens (including phenoxy) is 2. The highest BCUT2D eigenvalue weighted by Crippen LogP contribution is 2.48. The van der Waals surface area contributed by atoms with Crippen LogP contribution in [0, 0.1) is 11.7 Å². The Morgan fingerprint density at radius 1 is 1.11 bits per heavy atom. The van der Waals surface area contributed by atoms with Crippen molar-refractivity contribution in [2.75, 3.05) is 0 Å². The number of carboxylic acids is 1. The smallest absolute Gasteiger partial charge is 0.486 e. The first-order valence-electron chi connectivity index (χ1n) is 8.79. The topological polar surface area (TPSA) is 55.8 Å². The fourth-order valence-electron chi connectivity index (χ4n) is 3.77. The van der Waals surface area contributed by atoms with Crippen LogP contribution >= 0.6 is 0 Å². The zero-order valence-electron chi connectivity index (χ0n) is 14.5. The summed E-state index contributed by atoms with van der Waals surface area (Å²) in [6.45, 7) is 0. The summed E-state index contributed by atoms with van der Waals surface area (Å²) in [4.78, 5) is 11.0. The van der Waals surface area contributed by atoms with Crippen LogP contribution in [-0.2, 0) is 11.2 Å². The number of alkyl halides is 3. The Bertz CT molecular complexity index is 908. The van der Waals surface area contributed by atoms with E-state index >= 15 is 0 Å². The van der Waals surface area contributed by atoms with Gasteiger partial charge in [-0.3, -0.25) is 4.79 Å². The molecule has 8 heteroatoms. The van der Waals surface area contributed by atoms with Crippen molar-refractivity contribution < 1.29 is 36.9 Å². The number of aliphatic carboxylic acids is 1. The lowest BCUT2D eigenvalue weighted by Gasteiger charge is -2.17. The lowest BCUT2D eigenvalue weighted by molar-refractivity contribution is -0.274. The first kappa shape index (κ1) is 18.6. The minimum absolute atomic E-state index is 0.0155. The molecule has 2 aromatic rings. The predicted octanol–water partition coefficient (Wildman–Crippen LogP) is 4.98. The average Bonchev–Trinajstić information content (AvgIpc) is 3.32. The van der Waals surface area contributed by atoms with E-state index in [2.05, 4.69) is 4.74 Å². The van der Waals surface area contributed by atoms with Crippen molar-refractivity contribution in [3.8, 4) is 11.5 Å². The number of rotatable bonds is 5. The third-order valence-electron chi connectivity index (χ3n) is 5.16. The third kappa shape index (κ3) is 3.63. The maximum atomic E-state index is 14.3. The molecule has 4 nitrogen and oxygen atoms in total. The van der Waals surface area contributed by atoms with E-state index in [1.807, 2.05) is 0 Å². The summed E-state index contributed by atoms with van der Waals surface area (Å²) in [6.07, 6.45) is -4.43. The van der Waals surface area contributed by atoms with Crippen LogP contribution in [0.2, 0.25) is 0 Å². The Hall–Kier alpha value is -2.77. The second kappa shape index (κ2) is 6.68. The molecular weight excluding hydrogens is 380 g/mol. The minimum atomic E-state index is -4.85. The van der Waals surface area contributed by atoms with E-state index in [0.29, 0.717) is 18.6 Å². The molecule has 1 saturated carbocycles. The van der Waals surface area contributed by atoms with Crippen molar-refractivity contribution in [3.63, 3.8) is 0 Å². The molecule has 0 heterocycles. The van der Waals surface area contributed by atoms with Gasteiger partial charge in [-0.1, -0.05) is 12.1 Å². The maximum Gasteiger partial charge on any atom is 0.573 e. The van der Waals surface area contributed by atoms with Crippen molar-refractivity contribution in [2.45, 2.75) is 37.6 Å². The summed E-state index contributed by atoms with van der Waals surface area (Å²) >= 11 is 0. The zero-order valence-corrected chi connectivity index (χ0v) is 14.5. The van der Waals surface area contributed by atoms with Gasteiger partial charge in [-0.15, -0.1) is 13.2 Å². The first-order chi connectivity index (χ1) is 13.2. The molecule has 4 rings (SSSR count). The van der Waals surface area contributed by atoms with E-state index in [1.165, 1.54) is 0 Å². The highest BCUT2D eigenvalue weighted by Gasteiger charge is 2.44. The van der Waals surface area contributed by atoms with Crippen LogP contribution in [0.3, 0.4) is 0 Å². The van der Waals surface area contributed by atoms with Crippen LogP contribution in [-0.4, -0.2) is 17.4 Å². The maximum absolute atomic E-state index is 14.3. The highest BCUT2D eigenvalue weighted by atomic mass is 19.4. The molecule has 148 valence electrons. The Kier molecular flexibility index (Phi) is 4.44. The number of benzene rings is 2. The molecule has 2 aromatic carbocycles. The Morgan fingerprint density at radius 3 is 2.43 bits per heavy atom. The second-order valence-corrected chi connectivity index (χ2v) is 6.99. The molecule has 0 amide bonds. The minimum Gasteiger partial charge on any atom is -0.486 e. The van der Waals surface area contributed by atoms with E-state index < -0.39 is 30.0 Å². The predicted molar refractivity (Wildman–Crippen MR) is 89.7 cm³/mol. The van der Waals surface area contributed by atoms with Crippen LogP contribution in [0.1, 0.15) is 41.6 Å². The molecule has 0 saturated heterocycles. The summed E-state index contributed by atoms with van der Waals surface area (Å²) < 4.78 is 61.8. The van der Waals surface area contributed by atoms with Gasteiger partial charge in [0.05, 0.1) is 5.92 Å². The molecule has 0 spiro atoms. The molecule has 1 N–H and O–H groups in total. The fourth-order valence-corrected chi connectivity index (χ4v) is 3.77. The number of hydrogen-bond donors (Lipinski definition) is 1. The lowest BCUT2D eigenvalue weighted by atomic mass is 10.1. The summed E-state index contributed by atoms with van der Waals surface area (Å²) in [5.74, 6) is -1.80. The third-order valence-corrected chi connectivity index (χ3v) is 5.16. The molecule has 0 bridgehead atoms. The van der Waals surface area contributed by atoms with Crippen LogP contribution in [0.15, 0.2) is 36.4 Å². The van der Waals surface area contributed by atoms with E-state index in [4.69, 9.17) is 9.84 Å². The van der Waals surface area contributed by atoms with Crippen molar-refractivity contribution >= 4 is 5.97 Å². The van der Waals surface area contributed by atoms with Gasteiger partial charge < -0.3 is 14.6 Å². The van der Waals surface area contributed by atoms with Gasteiger partial charge in [0.1, 0.15) is 23.4 Å². The van der Waals surface area contributed by atoms with E-state index in [-0.39, 0.29) is 29.4 Å². The Balaban J connectivity index is 1.51. The SMILES string of the molecule is O=C(O)C1CC1c1ccc(O[C@@H]2CCc3c(OC(F)(F)F)ccc(F)c32)cc1. The standard InChI is InChI=1S/C20H16F4O4/c21-15-6-8-16(28-20(22,23)24)12-5-7-17(18(12)15)27-11-3-1-10(2-4-11)13-9-14(13)19(25)26/h1-4,6,8,13-14,17H,5,7,9H2,(H,25,26)/t13?,14?,17-/m1/s1. The van der Waals surface area contributed by atoms with Gasteiger partial charge >= 0.3 is 12.3 Å². The molecule has 2 unspecified atom stereocenters. The molecule has 2 aliphatic carbocycles. The van der Waals surface area contributed by atoms with Gasteiger partial charge in [-0.2, -0.15) is 0 Å². The van der Waals surface area contributed by atoms with Gasteiger partial charge in [-0.25, -0.2) is 4.39 Å². The van der Waals surface area contributed by atoms with Crippen molar-refractivity contribution in [2.24, 2.45) is 5.92 Å². The summed E-state index contributed by atoms with van der Waals surface area (Å²) in [6, 6.07) is 8.78. The van der Waals surface area contributed by atoms with E-state index in [1.54, 1.807) is 24.3 Å². The van der Waals surface area contributed by atoms with Crippen LogP contribution in [0.4, 0.5) is 17.6 Å². The van der Waals surface area contributed by atoms with Gasteiger partial charge in [-0.05, 0) is 55.0 Å². The largest absolute Gasteiger partial charge is 0.573 e. The molecule has 0 radical (unpaired) electrons. The highest BCUT2D eigenvalue weighted by molar-refractivity contribution is 5.75. The van der Waals surface area contributed by atoms with Crippen molar-refractivity contribution in [1.29, 1.82) is 0 Å². The average molecular weight is 396 g/mol. The van der Waals surface area contributed by atoms with Crippen LogP contribution < -0.4 is 9.47 Å². The van der Waals surface area contributed by atoms with Crippen molar-refractivity contribution in [3.05, 3.63) is 58.9 Å². The van der Waals surface area contributed by atoms with E-state index in [9.17, 15) is 22.4 Å². The van der Waals surface area contributed by atoms with Gasteiger partial charge in [0.25, 0.3) is 0 Å². The van der Waals surface area contributed by atoms with Gasteiger partial charge in [0.2, 0.25) is 0 Å². The van der Waals surface area contributed by atoms with Crippen LogP contribution in [0.25, 0.3) is 0 Å². The monoisotopic (exact) mass is 396 g/mol. The molecular formula is C20H16F4O4. The Morgan fingerprint density at radius 2 is 1.82 bits per heavy atom. The number of hydrogen-bond acceptors (Lipinski definition) is 3. The molecule has 28 heavy (non-hydrogen) atoms. The molecule has 3 atom stereocenters. The Labute approximate surface area is 157 Å². The fraction of sp³-hybridized carbons (Fsp3) is 0.350. The number of halogens is 4. The zero-order chi connectivity index (χ0) is 20.1. The number of fused-ring (bicyclic) bond motifs is 1. The summed E-state index contributed by atoms with van der Waals surface area (Å²) in [5.41, 5.74) is 1.14. The first-order valence-corrected chi connectivity index (χ1v) is 8.79. The quantitative estimate of drug-likeness (QED) is 0.725. The van der Waals surface area contributed by atoms with Crippen molar-refractivity contribution in [1.82, 2.24) is 0 Å². The molecule has 0 aliphatic heterocycles. The summed E-state index contributed by atoms with van der Waals surface area (Å²) in [7, 11) is 0. The van der Waals surface area contributed by atoms with E-state index in [0.717, 1.165) is 17.7 Å². The van der Waals surface area contributed by atoms with Crippen LogP contribution in [0.5, 0.6) is 11.5 Å². The second-order valence-electron chi connectivity index (χ2n) is 6.99.